The van der Waals surface area contributed by atoms with E-state index in [0.717, 1.165) is 24.1 Å². The van der Waals surface area contributed by atoms with Gasteiger partial charge < -0.3 is 9.88 Å². The normalized spacial score (nSPS) is 24.9. The van der Waals surface area contributed by atoms with Gasteiger partial charge in [0.05, 0.1) is 5.69 Å². The Morgan fingerprint density at radius 2 is 2.00 bits per heavy atom. The first-order valence-electron chi connectivity index (χ1n) is 7.03. The molecule has 1 saturated carbocycles. The molecule has 0 bridgehead atoms. The van der Waals surface area contributed by atoms with Crippen molar-refractivity contribution in [2.75, 3.05) is 5.32 Å². The standard InChI is InChI=1S/C14H25N3/c1-4-12-6-8-13(9-7-12)16-14-15-11(3)10-17(14)5-2/h10,12-13H,4-9H2,1-3H3,(H,15,16). The Balaban J connectivity index is 1.92. The molecule has 0 radical (unpaired) electrons. The molecule has 3 nitrogen and oxygen atoms in total. The van der Waals surface area contributed by atoms with Crippen molar-refractivity contribution >= 4 is 5.95 Å². The van der Waals surface area contributed by atoms with Gasteiger partial charge in [-0.3, -0.25) is 0 Å². The van der Waals surface area contributed by atoms with E-state index in [0.29, 0.717) is 6.04 Å². The van der Waals surface area contributed by atoms with Crippen molar-refractivity contribution in [2.45, 2.75) is 65.5 Å². The van der Waals surface area contributed by atoms with Gasteiger partial charge in [0.25, 0.3) is 0 Å². The van der Waals surface area contributed by atoms with Crippen molar-refractivity contribution in [1.29, 1.82) is 0 Å². The Morgan fingerprint density at radius 3 is 2.59 bits per heavy atom. The fraction of sp³-hybridized carbons (Fsp3) is 0.786. The third kappa shape index (κ3) is 3.02. The number of aromatic nitrogens is 2. The summed E-state index contributed by atoms with van der Waals surface area (Å²) in [5.74, 6) is 2.02. The van der Waals surface area contributed by atoms with E-state index < -0.39 is 0 Å². The summed E-state index contributed by atoms with van der Waals surface area (Å²) < 4.78 is 2.21. The van der Waals surface area contributed by atoms with Gasteiger partial charge >= 0.3 is 0 Å². The van der Waals surface area contributed by atoms with Crippen molar-refractivity contribution in [3.63, 3.8) is 0 Å². The molecule has 0 saturated heterocycles. The maximum Gasteiger partial charge on any atom is 0.203 e. The molecule has 0 amide bonds. The van der Waals surface area contributed by atoms with Crippen LogP contribution < -0.4 is 5.32 Å². The first-order valence-corrected chi connectivity index (χ1v) is 7.03. The van der Waals surface area contributed by atoms with Gasteiger partial charge in [0, 0.05) is 18.8 Å². The molecule has 1 aliphatic carbocycles. The van der Waals surface area contributed by atoms with Crippen LogP contribution in [0.15, 0.2) is 6.20 Å². The lowest BCUT2D eigenvalue weighted by Gasteiger charge is -2.28. The van der Waals surface area contributed by atoms with Gasteiger partial charge in [0.2, 0.25) is 5.95 Å². The fourth-order valence-corrected chi connectivity index (χ4v) is 2.80. The van der Waals surface area contributed by atoms with Gasteiger partial charge in [-0.25, -0.2) is 4.98 Å². The minimum Gasteiger partial charge on any atom is -0.353 e. The predicted molar refractivity (Wildman–Crippen MR) is 72.3 cm³/mol. The largest absolute Gasteiger partial charge is 0.353 e. The Kier molecular flexibility index (Phi) is 4.08. The lowest BCUT2D eigenvalue weighted by Crippen LogP contribution is -2.27. The molecule has 0 aromatic carbocycles. The molecule has 0 aliphatic heterocycles. The summed E-state index contributed by atoms with van der Waals surface area (Å²) in [7, 11) is 0. The number of anilines is 1. The lowest BCUT2D eigenvalue weighted by atomic mass is 9.85. The van der Waals surface area contributed by atoms with E-state index in [1.54, 1.807) is 0 Å². The number of nitrogens with one attached hydrogen (secondary N) is 1. The summed E-state index contributed by atoms with van der Waals surface area (Å²) in [5, 5.41) is 3.62. The highest BCUT2D eigenvalue weighted by atomic mass is 15.2. The van der Waals surface area contributed by atoms with E-state index in [2.05, 4.69) is 41.8 Å². The summed E-state index contributed by atoms with van der Waals surface area (Å²) in [6.07, 6.45) is 8.82. The van der Waals surface area contributed by atoms with Crippen molar-refractivity contribution in [1.82, 2.24) is 9.55 Å². The van der Waals surface area contributed by atoms with Gasteiger partial charge in [-0.2, -0.15) is 0 Å². The summed E-state index contributed by atoms with van der Waals surface area (Å²) in [5.41, 5.74) is 1.11. The molecule has 17 heavy (non-hydrogen) atoms. The van der Waals surface area contributed by atoms with Crippen molar-refractivity contribution in [2.24, 2.45) is 5.92 Å². The third-order valence-corrected chi connectivity index (χ3v) is 3.99. The Hall–Kier alpha value is -0.990. The molecule has 0 spiro atoms. The molecule has 96 valence electrons. The molecular formula is C14H25N3. The number of hydrogen-bond acceptors (Lipinski definition) is 2. The number of nitrogens with zero attached hydrogens (tertiary/aromatic N) is 2. The van der Waals surface area contributed by atoms with Crippen molar-refractivity contribution in [3.05, 3.63) is 11.9 Å². The molecule has 1 fully saturated rings. The summed E-state index contributed by atoms with van der Waals surface area (Å²) in [6.45, 7) is 7.53. The Labute approximate surface area is 105 Å². The van der Waals surface area contributed by atoms with E-state index in [-0.39, 0.29) is 0 Å². The first-order chi connectivity index (χ1) is 8.22. The monoisotopic (exact) mass is 235 g/mol. The third-order valence-electron chi connectivity index (χ3n) is 3.99. The number of aryl methyl sites for hydroxylation is 2. The second-order valence-corrected chi connectivity index (χ2v) is 5.26. The predicted octanol–water partition coefficient (Wildman–Crippen LogP) is 3.59. The van der Waals surface area contributed by atoms with Crippen LogP contribution in [0.25, 0.3) is 0 Å². The topological polar surface area (TPSA) is 29.9 Å². The molecule has 0 atom stereocenters. The summed E-state index contributed by atoms with van der Waals surface area (Å²) in [6, 6.07) is 0.630. The molecule has 1 aliphatic rings. The van der Waals surface area contributed by atoms with Gasteiger partial charge in [-0.1, -0.05) is 13.3 Å². The van der Waals surface area contributed by atoms with Crippen molar-refractivity contribution < 1.29 is 0 Å². The van der Waals surface area contributed by atoms with E-state index >= 15 is 0 Å². The van der Waals surface area contributed by atoms with E-state index in [1.807, 2.05) is 0 Å². The molecule has 1 N–H and O–H groups in total. The van der Waals surface area contributed by atoms with E-state index in [9.17, 15) is 0 Å². The van der Waals surface area contributed by atoms with Crippen LogP contribution in [0.4, 0.5) is 5.95 Å². The van der Waals surface area contributed by atoms with Crippen LogP contribution in [-0.2, 0) is 6.54 Å². The molecule has 0 unspecified atom stereocenters. The van der Waals surface area contributed by atoms with Crippen LogP contribution in [0, 0.1) is 12.8 Å². The van der Waals surface area contributed by atoms with Gasteiger partial charge in [0.1, 0.15) is 0 Å². The van der Waals surface area contributed by atoms with Crippen LogP contribution in [0.3, 0.4) is 0 Å². The minimum atomic E-state index is 0.630. The van der Waals surface area contributed by atoms with Crippen LogP contribution >= 0.6 is 0 Å². The lowest BCUT2D eigenvalue weighted by molar-refractivity contribution is 0.329. The second kappa shape index (κ2) is 5.56. The van der Waals surface area contributed by atoms with Crippen molar-refractivity contribution in [3.8, 4) is 0 Å². The maximum absolute atomic E-state index is 4.57. The first kappa shape index (κ1) is 12.5. The molecule has 3 heteroatoms. The molecule has 1 aromatic heterocycles. The zero-order chi connectivity index (χ0) is 12.3. The highest BCUT2D eigenvalue weighted by molar-refractivity contribution is 5.30. The van der Waals surface area contributed by atoms with E-state index in [4.69, 9.17) is 0 Å². The SMILES string of the molecule is CCC1CCC(Nc2nc(C)cn2CC)CC1. The number of rotatable bonds is 4. The zero-order valence-corrected chi connectivity index (χ0v) is 11.4. The summed E-state index contributed by atoms with van der Waals surface area (Å²) in [4.78, 5) is 4.57. The molecule has 1 aromatic rings. The van der Waals surface area contributed by atoms with E-state index in [1.165, 1.54) is 32.1 Å². The van der Waals surface area contributed by atoms with Gasteiger partial charge in [-0.05, 0) is 45.4 Å². The number of hydrogen-bond donors (Lipinski definition) is 1. The molecular weight excluding hydrogens is 210 g/mol. The minimum absolute atomic E-state index is 0.630. The highest BCUT2D eigenvalue weighted by Gasteiger charge is 2.20. The van der Waals surface area contributed by atoms with Crippen LogP contribution in [-0.4, -0.2) is 15.6 Å². The zero-order valence-electron chi connectivity index (χ0n) is 11.4. The molecule has 1 heterocycles. The second-order valence-electron chi connectivity index (χ2n) is 5.26. The average Bonchev–Trinajstić information content (AvgIpc) is 2.70. The fourth-order valence-electron chi connectivity index (χ4n) is 2.80. The van der Waals surface area contributed by atoms with Gasteiger partial charge in [0.15, 0.2) is 0 Å². The Morgan fingerprint density at radius 1 is 1.29 bits per heavy atom. The quantitative estimate of drug-likeness (QED) is 0.864. The van der Waals surface area contributed by atoms with Crippen LogP contribution in [0.5, 0.6) is 0 Å². The smallest absolute Gasteiger partial charge is 0.203 e. The van der Waals surface area contributed by atoms with Crippen LogP contribution in [0.1, 0.15) is 51.6 Å². The average molecular weight is 235 g/mol. The highest BCUT2D eigenvalue weighted by Crippen LogP contribution is 2.28. The van der Waals surface area contributed by atoms with Gasteiger partial charge in [-0.15, -0.1) is 0 Å². The summed E-state index contributed by atoms with van der Waals surface area (Å²) >= 11 is 0. The number of imidazole rings is 1. The maximum atomic E-state index is 4.57. The Bertz CT molecular complexity index is 348. The van der Waals surface area contributed by atoms with Crippen LogP contribution in [0.2, 0.25) is 0 Å². The molecule has 2 rings (SSSR count).